The first-order valence-electron chi connectivity index (χ1n) is 10.3. The van der Waals surface area contributed by atoms with Crippen molar-refractivity contribution in [3.05, 3.63) is 89.2 Å². The van der Waals surface area contributed by atoms with Crippen LogP contribution in [0.5, 0.6) is 17.2 Å². The molecule has 3 aromatic carbocycles. The summed E-state index contributed by atoms with van der Waals surface area (Å²) in [5.41, 5.74) is 2.14. The summed E-state index contributed by atoms with van der Waals surface area (Å²) in [5, 5.41) is 9.04. The number of carboxylic acids is 1. The molecule has 0 radical (unpaired) electrons. The summed E-state index contributed by atoms with van der Waals surface area (Å²) in [7, 11) is 1.54. The predicted octanol–water partition coefficient (Wildman–Crippen LogP) is 4.44. The molecular weight excluding hydrogens is 429 g/mol. The first kappa shape index (κ1) is 22.1. The van der Waals surface area contributed by atoms with E-state index in [9.17, 15) is 14.0 Å². The summed E-state index contributed by atoms with van der Waals surface area (Å²) in [6.45, 7) is -0.269. The van der Waals surface area contributed by atoms with Crippen LogP contribution in [0.1, 0.15) is 22.7 Å². The van der Waals surface area contributed by atoms with E-state index in [2.05, 4.69) is 0 Å². The zero-order valence-corrected chi connectivity index (χ0v) is 17.9. The van der Waals surface area contributed by atoms with Gasteiger partial charge in [-0.2, -0.15) is 0 Å². The van der Waals surface area contributed by atoms with Gasteiger partial charge in [-0.15, -0.1) is 0 Å². The largest absolute Gasteiger partial charge is 0.497 e. The number of hydrogen-bond acceptors (Lipinski definition) is 5. The van der Waals surface area contributed by atoms with Gasteiger partial charge in [0.15, 0.2) is 6.61 Å². The van der Waals surface area contributed by atoms with Gasteiger partial charge in [-0.05, 0) is 60.0 Å². The molecule has 0 spiro atoms. The molecule has 1 unspecified atom stereocenters. The Hall–Kier alpha value is -4.07. The van der Waals surface area contributed by atoms with Crippen LogP contribution >= 0.6 is 0 Å². The van der Waals surface area contributed by atoms with Crippen LogP contribution < -0.4 is 14.2 Å². The second-order valence-electron chi connectivity index (χ2n) is 7.45. The molecule has 1 aliphatic rings. The van der Waals surface area contributed by atoms with Crippen molar-refractivity contribution in [1.29, 1.82) is 0 Å². The highest BCUT2D eigenvalue weighted by atomic mass is 19.1. The third-order valence-corrected chi connectivity index (χ3v) is 5.40. The smallest absolute Gasteiger partial charge is 0.416 e. The lowest BCUT2D eigenvalue weighted by Gasteiger charge is -2.37. The monoisotopic (exact) mass is 451 g/mol. The second-order valence-corrected chi connectivity index (χ2v) is 7.45. The molecular formula is C25H22FNO6. The number of rotatable bonds is 6. The van der Waals surface area contributed by atoms with Gasteiger partial charge < -0.3 is 19.3 Å². The highest BCUT2D eigenvalue weighted by Gasteiger charge is 2.35. The Bertz CT molecular complexity index is 1160. The van der Waals surface area contributed by atoms with E-state index in [4.69, 9.17) is 19.3 Å². The minimum absolute atomic E-state index is 0.183. The van der Waals surface area contributed by atoms with Crippen LogP contribution in [0, 0.1) is 5.82 Å². The molecule has 1 aliphatic heterocycles. The zero-order valence-electron chi connectivity index (χ0n) is 17.9. The number of ether oxygens (including phenoxy) is 3. The van der Waals surface area contributed by atoms with Crippen LogP contribution in [0.4, 0.5) is 9.18 Å². The number of carbonyl (C=O) groups excluding carboxylic acids is 1. The maximum absolute atomic E-state index is 14.3. The number of nitrogens with zero attached hydrogens (tertiary/aromatic N) is 1. The van der Waals surface area contributed by atoms with Gasteiger partial charge in [-0.1, -0.05) is 24.3 Å². The van der Waals surface area contributed by atoms with Crippen molar-refractivity contribution < 1.29 is 33.3 Å². The topological polar surface area (TPSA) is 85.3 Å². The van der Waals surface area contributed by atoms with Gasteiger partial charge in [0.25, 0.3) is 0 Å². The summed E-state index contributed by atoms with van der Waals surface area (Å²) < 4.78 is 30.5. The van der Waals surface area contributed by atoms with E-state index >= 15 is 0 Å². The molecule has 3 aromatic rings. The Morgan fingerprint density at radius 3 is 2.48 bits per heavy atom. The molecule has 170 valence electrons. The van der Waals surface area contributed by atoms with E-state index in [0.717, 1.165) is 11.1 Å². The maximum Gasteiger partial charge on any atom is 0.416 e. The molecule has 0 fully saturated rings. The van der Waals surface area contributed by atoms with Crippen LogP contribution in [-0.4, -0.2) is 42.3 Å². The number of benzene rings is 3. The second kappa shape index (κ2) is 9.60. The average Bonchev–Trinajstić information content (AvgIpc) is 2.82. The SMILES string of the molecule is COc1ccc(OC(=O)N2CCc3ccccc3C2c2cc(F)ccc2OCC(=O)O)cc1. The Balaban J connectivity index is 1.72. The van der Waals surface area contributed by atoms with Crippen molar-refractivity contribution in [3.63, 3.8) is 0 Å². The van der Waals surface area contributed by atoms with Gasteiger partial charge in [-0.25, -0.2) is 14.0 Å². The number of amides is 1. The van der Waals surface area contributed by atoms with Crippen LogP contribution in [0.2, 0.25) is 0 Å². The minimum atomic E-state index is -1.16. The van der Waals surface area contributed by atoms with Crippen LogP contribution in [0.3, 0.4) is 0 Å². The van der Waals surface area contributed by atoms with E-state index in [1.807, 2.05) is 24.3 Å². The van der Waals surface area contributed by atoms with Gasteiger partial charge in [0, 0.05) is 12.1 Å². The van der Waals surface area contributed by atoms with Crippen molar-refractivity contribution in [2.24, 2.45) is 0 Å². The quantitative estimate of drug-likeness (QED) is 0.596. The first-order valence-corrected chi connectivity index (χ1v) is 10.3. The highest BCUT2D eigenvalue weighted by molar-refractivity contribution is 5.73. The number of methoxy groups -OCH3 is 1. The molecule has 4 rings (SSSR count). The molecule has 0 saturated carbocycles. The number of carbonyl (C=O) groups is 2. The van der Waals surface area contributed by atoms with Gasteiger partial charge in [0.05, 0.1) is 13.2 Å². The number of halogens is 1. The molecule has 0 aromatic heterocycles. The standard InChI is InChI=1S/C25H22FNO6/c1-31-18-7-9-19(10-8-18)33-25(30)27-13-12-16-4-2-3-5-20(16)24(27)21-14-17(26)6-11-22(21)32-15-23(28)29/h2-11,14,24H,12-13,15H2,1H3,(H,28,29). The Kier molecular flexibility index (Phi) is 6.44. The van der Waals surface area contributed by atoms with E-state index < -0.39 is 30.5 Å². The molecule has 1 heterocycles. The number of hydrogen-bond donors (Lipinski definition) is 1. The van der Waals surface area contributed by atoms with Gasteiger partial charge in [-0.3, -0.25) is 4.90 Å². The van der Waals surface area contributed by atoms with E-state index in [1.54, 1.807) is 31.4 Å². The lowest BCUT2D eigenvalue weighted by atomic mass is 9.88. The van der Waals surface area contributed by atoms with Gasteiger partial charge in [0.1, 0.15) is 23.1 Å². The fourth-order valence-corrected chi connectivity index (χ4v) is 3.91. The Labute approximate surface area is 189 Å². The number of fused-ring (bicyclic) bond motifs is 1. The summed E-state index contributed by atoms with van der Waals surface area (Å²) in [6, 6.07) is 17.2. The third-order valence-electron chi connectivity index (χ3n) is 5.40. The molecule has 7 nitrogen and oxygen atoms in total. The normalized spacial score (nSPS) is 14.8. The Morgan fingerprint density at radius 1 is 1.03 bits per heavy atom. The summed E-state index contributed by atoms with van der Waals surface area (Å²) in [4.78, 5) is 25.8. The average molecular weight is 451 g/mol. The van der Waals surface area contributed by atoms with Crippen molar-refractivity contribution in [3.8, 4) is 17.2 Å². The molecule has 1 N–H and O–H groups in total. The van der Waals surface area contributed by atoms with Crippen LogP contribution in [0.15, 0.2) is 66.7 Å². The van der Waals surface area contributed by atoms with Crippen LogP contribution in [0.25, 0.3) is 0 Å². The Morgan fingerprint density at radius 2 is 1.76 bits per heavy atom. The summed E-state index contributed by atoms with van der Waals surface area (Å²) >= 11 is 0. The van der Waals surface area contributed by atoms with Crippen molar-refractivity contribution in [2.75, 3.05) is 20.3 Å². The molecule has 0 bridgehead atoms. The fraction of sp³-hybridized carbons (Fsp3) is 0.200. The molecule has 0 saturated heterocycles. The fourth-order valence-electron chi connectivity index (χ4n) is 3.91. The number of aliphatic carboxylic acids is 1. The van der Waals surface area contributed by atoms with Crippen molar-refractivity contribution in [2.45, 2.75) is 12.5 Å². The molecule has 8 heteroatoms. The zero-order chi connectivity index (χ0) is 23.4. The van der Waals surface area contributed by atoms with E-state index in [-0.39, 0.29) is 5.75 Å². The van der Waals surface area contributed by atoms with Gasteiger partial charge >= 0.3 is 12.1 Å². The lowest BCUT2D eigenvalue weighted by Crippen LogP contribution is -2.42. The van der Waals surface area contributed by atoms with Crippen molar-refractivity contribution >= 4 is 12.1 Å². The molecule has 0 aliphatic carbocycles. The van der Waals surface area contributed by atoms with Crippen molar-refractivity contribution in [1.82, 2.24) is 4.90 Å². The molecule has 1 amide bonds. The predicted molar refractivity (Wildman–Crippen MR) is 117 cm³/mol. The van der Waals surface area contributed by atoms with Crippen LogP contribution in [-0.2, 0) is 11.2 Å². The third kappa shape index (κ3) is 4.90. The minimum Gasteiger partial charge on any atom is -0.497 e. The number of carboxylic acid groups (broad SMARTS) is 1. The first-order chi connectivity index (χ1) is 16.0. The molecule has 33 heavy (non-hydrogen) atoms. The van der Waals surface area contributed by atoms with E-state index in [1.165, 1.54) is 23.1 Å². The highest BCUT2D eigenvalue weighted by Crippen LogP contribution is 2.40. The van der Waals surface area contributed by atoms with Gasteiger partial charge in [0.2, 0.25) is 0 Å². The maximum atomic E-state index is 14.3. The summed E-state index contributed by atoms with van der Waals surface area (Å²) in [5.74, 6) is -0.549. The lowest BCUT2D eigenvalue weighted by molar-refractivity contribution is -0.139. The summed E-state index contributed by atoms with van der Waals surface area (Å²) in [6.07, 6.45) is -0.0292. The molecule has 1 atom stereocenters. The van der Waals surface area contributed by atoms with E-state index in [0.29, 0.717) is 30.0 Å².